The summed E-state index contributed by atoms with van der Waals surface area (Å²) in [7, 11) is 1.72. The van der Waals surface area contributed by atoms with Gasteiger partial charge in [-0.05, 0) is 86.9 Å². The molecule has 0 heterocycles. The van der Waals surface area contributed by atoms with Crippen LogP contribution in [0.4, 0.5) is 0 Å². The summed E-state index contributed by atoms with van der Waals surface area (Å²) in [5.41, 5.74) is 1.89. The van der Waals surface area contributed by atoms with Crippen molar-refractivity contribution in [2.75, 3.05) is 19.8 Å². The average molecular weight is 467 g/mol. The fraction of sp³-hybridized carbons (Fsp3) is 0.931. The van der Waals surface area contributed by atoms with Crippen molar-refractivity contribution in [1.29, 1.82) is 0 Å². The molecule has 0 amide bonds. The van der Waals surface area contributed by atoms with Gasteiger partial charge in [0.15, 0.2) is 0 Å². The number of halogens is 1. The van der Waals surface area contributed by atoms with Gasteiger partial charge in [0.25, 0.3) is 0 Å². The molecule has 0 N–H and O–H groups in total. The van der Waals surface area contributed by atoms with Gasteiger partial charge >= 0.3 is 0 Å². The van der Waals surface area contributed by atoms with Crippen molar-refractivity contribution < 1.29 is 9.47 Å². The van der Waals surface area contributed by atoms with Crippen LogP contribution in [0.15, 0.2) is 11.6 Å². The van der Waals surface area contributed by atoms with Gasteiger partial charge in [-0.2, -0.15) is 0 Å². The number of fused-ring (bicyclic) bond motifs is 5. The number of hydrogen-bond acceptors (Lipinski definition) is 2. The topological polar surface area (TPSA) is 18.5 Å². The maximum atomic E-state index is 6.79. The zero-order valence-corrected chi connectivity index (χ0v) is 22.5. The van der Waals surface area contributed by atoms with Crippen molar-refractivity contribution in [1.82, 2.24) is 0 Å². The summed E-state index contributed by atoms with van der Waals surface area (Å²) in [6.45, 7) is 9.14. The molecule has 3 fully saturated rings. The molecule has 4 aliphatic rings. The van der Waals surface area contributed by atoms with E-state index in [0.29, 0.717) is 12.9 Å². The van der Waals surface area contributed by atoms with Gasteiger partial charge in [0.1, 0.15) is 6.79 Å². The maximum absolute atomic E-state index is 6.79. The van der Waals surface area contributed by atoms with E-state index in [2.05, 4.69) is 19.9 Å². The largest absolute Gasteiger partial charge is 0.359 e. The molecular formula is C29H51ClO2. The molecule has 0 aromatic rings. The third-order valence-corrected chi connectivity index (χ3v) is 9.99. The Kier molecular flexibility index (Phi) is 10.5. The molecule has 3 saturated carbocycles. The average Bonchev–Trinajstić information content (AvgIpc) is 3.24. The lowest BCUT2D eigenvalue weighted by atomic mass is 9.50. The zero-order chi connectivity index (χ0) is 23.1. The van der Waals surface area contributed by atoms with Gasteiger partial charge in [0.05, 0.1) is 6.10 Å². The molecule has 4 aliphatic carbocycles. The van der Waals surface area contributed by atoms with Gasteiger partial charge in [-0.25, -0.2) is 0 Å². The summed E-state index contributed by atoms with van der Waals surface area (Å²) in [6.07, 6.45) is 19.3. The predicted octanol–water partition coefficient (Wildman–Crippen LogP) is 8.63. The van der Waals surface area contributed by atoms with Crippen molar-refractivity contribution >= 4 is 11.6 Å². The van der Waals surface area contributed by atoms with Crippen LogP contribution >= 0.6 is 11.6 Å². The summed E-state index contributed by atoms with van der Waals surface area (Å²) in [4.78, 5) is 0. The third kappa shape index (κ3) is 5.60. The number of hydrogen-bond donors (Lipinski definition) is 0. The van der Waals surface area contributed by atoms with Crippen molar-refractivity contribution in [3.63, 3.8) is 0 Å². The van der Waals surface area contributed by atoms with Crippen LogP contribution in [0.3, 0.4) is 0 Å². The summed E-state index contributed by atoms with van der Waals surface area (Å²) in [6, 6.07) is 0. The number of unbranched alkanes of at least 4 members (excludes halogenated alkanes) is 1. The first-order chi connectivity index (χ1) is 15.6. The summed E-state index contributed by atoms with van der Waals surface area (Å²) in [5.74, 6) is 6.38. The standard InChI is InChI=1S/C27H45ClO2.C2H6/c1-19(2)6-4-5-7-20-8-10-24-23(20)12-13-26-25(24)11-9-21-16-22(30-18-29-3)14-15-27(21,26)17-28;1-2/h9,19-20,22-26H,4-8,10-18H2,1-3H3;1-2H3. The molecule has 0 aliphatic heterocycles. The van der Waals surface area contributed by atoms with E-state index >= 15 is 0 Å². The number of allylic oxidation sites excluding steroid dienone is 1. The van der Waals surface area contributed by atoms with E-state index in [1.165, 1.54) is 64.2 Å². The number of ether oxygens (including phenoxy) is 2. The normalized spacial score (nSPS) is 38.3. The number of methoxy groups -OCH3 is 1. The van der Waals surface area contributed by atoms with Crippen molar-refractivity contribution in [3.05, 3.63) is 11.6 Å². The van der Waals surface area contributed by atoms with Crippen LogP contribution in [0, 0.1) is 40.9 Å². The molecule has 0 aromatic heterocycles. The molecule has 3 heteroatoms. The van der Waals surface area contributed by atoms with E-state index in [9.17, 15) is 0 Å². The van der Waals surface area contributed by atoms with Gasteiger partial charge in [-0.3, -0.25) is 0 Å². The highest BCUT2D eigenvalue weighted by Crippen LogP contribution is 2.63. The minimum atomic E-state index is 0.262. The summed E-state index contributed by atoms with van der Waals surface area (Å²) < 4.78 is 11.1. The van der Waals surface area contributed by atoms with Crippen LogP contribution in [0.1, 0.15) is 105 Å². The van der Waals surface area contributed by atoms with Gasteiger partial charge in [0.2, 0.25) is 0 Å². The minimum Gasteiger partial charge on any atom is -0.359 e. The Morgan fingerprint density at radius 3 is 2.53 bits per heavy atom. The van der Waals surface area contributed by atoms with E-state index in [0.717, 1.165) is 54.2 Å². The van der Waals surface area contributed by atoms with Crippen molar-refractivity contribution in [2.45, 2.75) is 111 Å². The third-order valence-electron chi connectivity index (χ3n) is 9.52. The predicted molar refractivity (Wildman–Crippen MR) is 137 cm³/mol. The maximum Gasteiger partial charge on any atom is 0.146 e. The lowest BCUT2D eigenvalue weighted by Crippen LogP contribution is -2.50. The van der Waals surface area contributed by atoms with Gasteiger partial charge in [0, 0.05) is 18.4 Å². The Balaban J connectivity index is 0.00000141. The smallest absolute Gasteiger partial charge is 0.146 e. The van der Waals surface area contributed by atoms with Gasteiger partial charge < -0.3 is 9.47 Å². The van der Waals surface area contributed by atoms with Gasteiger partial charge in [-0.15, -0.1) is 11.6 Å². The monoisotopic (exact) mass is 466 g/mol. The van der Waals surface area contributed by atoms with Crippen molar-refractivity contribution in [3.8, 4) is 0 Å². The molecular weight excluding hydrogens is 416 g/mol. The highest BCUT2D eigenvalue weighted by Gasteiger charge is 2.55. The first-order valence-electron chi connectivity index (χ1n) is 13.9. The molecule has 0 saturated heterocycles. The molecule has 7 unspecified atom stereocenters. The zero-order valence-electron chi connectivity index (χ0n) is 21.7. The van der Waals surface area contributed by atoms with Crippen LogP contribution in [-0.2, 0) is 9.47 Å². The molecule has 186 valence electrons. The molecule has 0 radical (unpaired) electrons. The van der Waals surface area contributed by atoms with Crippen LogP contribution in [0.5, 0.6) is 0 Å². The van der Waals surface area contributed by atoms with Crippen LogP contribution in [-0.4, -0.2) is 25.9 Å². The van der Waals surface area contributed by atoms with Crippen molar-refractivity contribution in [2.24, 2.45) is 40.9 Å². The molecule has 0 spiro atoms. The van der Waals surface area contributed by atoms with Crippen LogP contribution in [0.25, 0.3) is 0 Å². The molecule has 32 heavy (non-hydrogen) atoms. The quantitative estimate of drug-likeness (QED) is 0.146. The van der Waals surface area contributed by atoms with Crippen LogP contribution in [0.2, 0.25) is 0 Å². The second-order valence-electron chi connectivity index (χ2n) is 11.4. The Morgan fingerprint density at radius 1 is 1.03 bits per heavy atom. The van der Waals surface area contributed by atoms with E-state index in [4.69, 9.17) is 21.1 Å². The lowest BCUT2D eigenvalue weighted by molar-refractivity contribution is -0.0922. The highest BCUT2D eigenvalue weighted by molar-refractivity contribution is 6.18. The minimum absolute atomic E-state index is 0.262. The molecule has 7 atom stereocenters. The Bertz CT molecular complexity index is 588. The molecule has 0 bridgehead atoms. The van der Waals surface area contributed by atoms with Crippen LogP contribution < -0.4 is 0 Å². The van der Waals surface area contributed by atoms with E-state index in [1.54, 1.807) is 12.7 Å². The second kappa shape index (κ2) is 12.6. The van der Waals surface area contributed by atoms with E-state index < -0.39 is 0 Å². The van der Waals surface area contributed by atoms with Gasteiger partial charge in [-0.1, -0.05) is 65.0 Å². The summed E-state index contributed by atoms with van der Waals surface area (Å²) >= 11 is 6.79. The highest BCUT2D eigenvalue weighted by atomic mass is 35.5. The SMILES string of the molecule is CC.COCOC1CCC2(CCl)C(=CCC3C4CCC(CCCCC(C)C)C4CCC32)C1. The first kappa shape index (κ1) is 26.6. The Morgan fingerprint density at radius 2 is 1.81 bits per heavy atom. The van der Waals surface area contributed by atoms with E-state index in [-0.39, 0.29) is 5.41 Å². The summed E-state index contributed by atoms with van der Waals surface area (Å²) in [5, 5.41) is 0. The fourth-order valence-corrected chi connectivity index (χ4v) is 8.57. The number of rotatable bonds is 9. The Hall–Kier alpha value is -0.0500. The molecule has 4 rings (SSSR count). The lowest BCUT2D eigenvalue weighted by Gasteiger charge is -2.56. The van der Waals surface area contributed by atoms with E-state index in [1.807, 2.05) is 13.8 Å². The second-order valence-corrected chi connectivity index (χ2v) is 11.7. The fourth-order valence-electron chi connectivity index (χ4n) is 8.07. The molecule has 0 aromatic carbocycles. The molecule has 2 nitrogen and oxygen atoms in total. The number of alkyl halides is 1. The Labute approximate surface area is 204 Å². The first-order valence-corrected chi connectivity index (χ1v) is 14.5.